The Bertz CT molecular complexity index is 228. The molecule has 0 amide bonds. The molecular formula is C12H21NO2. The molecule has 3 heteroatoms. The van der Waals surface area contributed by atoms with Gasteiger partial charge in [-0.3, -0.25) is 4.79 Å². The fourth-order valence-corrected chi connectivity index (χ4v) is 2.88. The first kappa shape index (κ1) is 10.9. The van der Waals surface area contributed by atoms with Crippen LogP contribution in [0.2, 0.25) is 0 Å². The van der Waals surface area contributed by atoms with E-state index in [1.54, 1.807) is 0 Å². The second-order valence-electron chi connectivity index (χ2n) is 5.33. The third kappa shape index (κ3) is 2.71. The molecule has 2 N–H and O–H groups in total. The van der Waals surface area contributed by atoms with Crippen molar-refractivity contribution < 1.29 is 9.90 Å². The summed E-state index contributed by atoms with van der Waals surface area (Å²) in [6, 6.07) is 1.30. The van der Waals surface area contributed by atoms with Gasteiger partial charge in [0, 0.05) is 12.1 Å². The number of aliphatic carboxylic acids is 1. The van der Waals surface area contributed by atoms with Crippen LogP contribution in [0.15, 0.2) is 0 Å². The highest BCUT2D eigenvalue weighted by atomic mass is 16.4. The maximum absolute atomic E-state index is 10.8. The molecule has 15 heavy (non-hydrogen) atoms. The van der Waals surface area contributed by atoms with Gasteiger partial charge >= 0.3 is 5.97 Å². The molecule has 0 aromatic carbocycles. The lowest BCUT2D eigenvalue weighted by atomic mass is 9.79. The molecule has 3 nitrogen and oxygen atoms in total. The molecule has 0 bridgehead atoms. The highest BCUT2D eigenvalue weighted by molar-refractivity contribution is 5.70. The predicted octanol–water partition coefficient (Wildman–Crippen LogP) is 2.02. The standard InChI is InChI=1S/C12H21NO2/c1-8-6-11(7-8)13-10-4-2-9(3-5-10)12(14)15/h8-11,13H,2-7H2,1H3,(H,14,15). The van der Waals surface area contributed by atoms with E-state index >= 15 is 0 Å². The maximum atomic E-state index is 10.8. The quantitative estimate of drug-likeness (QED) is 0.751. The minimum atomic E-state index is -0.606. The number of carboxylic acids is 1. The lowest BCUT2D eigenvalue weighted by Crippen LogP contribution is -2.47. The Morgan fingerprint density at radius 3 is 2.20 bits per heavy atom. The Morgan fingerprint density at radius 2 is 1.73 bits per heavy atom. The molecule has 0 heterocycles. The number of carboxylic acid groups (broad SMARTS) is 1. The molecule has 0 radical (unpaired) electrons. The lowest BCUT2D eigenvalue weighted by molar-refractivity contribution is -0.142. The van der Waals surface area contributed by atoms with Gasteiger partial charge in [0.25, 0.3) is 0 Å². The summed E-state index contributed by atoms with van der Waals surface area (Å²) in [5, 5.41) is 12.5. The highest BCUT2D eigenvalue weighted by Crippen LogP contribution is 2.30. The van der Waals surface area contributed by atoms with Gasteiger partial charge in [-0.2, -0.15) is 0 Å². The van der Waals surface area contributed by atoms with Gasteiger partial charge in [-0.05, 0) is 44.4 Å². The molecule has 2 saturated carbocycles. The second-order valence-corrected chi connectivity index (χ2v) is 5.33. The number of hydrogen-bond donors (Lipinski definition) is 2. The Kier molecular flexibility index (Phi) is 3.29. The minimum absolute atomic E-state index is 0.0802. The Balaban J connectivity index is 1.67. The zero-order chi connectivity index (χ0) is 10.8. The number of hydrogen-bond acceptors (Lipinski definition) is 2. The first-order valence-corrected chi connectivity index (χ1v) is 6.14. The van der Waals surface area contributed by atoms with Gasteiger partial charge < -0.3 is 10.4 Å². The van der Waals surface area contributed by atoms with Gasteiger partial charge in [-0.25, -0.2) is 0 Å². The van der Waals surface area contributed by atoms with E-state index in [1.807, 2.05) is 0 Å². The van der Waals surface area contributed by atoms with Crippen molar-refractivity contribution in [1.29, 1.82) is 0 Å². The summed E-state index contributed by atoms with van der Waals surface area (Å²) in [7, 11) is 0. The van der Waals surface area contributed by atoms with Gasteiger partial charge in [0.1, 0.15) is 0 Å². The molecule has 2 rings (SSSR count). The average Bonchev–Trinajstić information content (AvgIpc) is 2.16. The van der Waals surface area contributed by atoms with Crippen LogP contribution in [0.4, 0.5) is 0 Å². The number of rotatable bonds is 3. The monoisotopic (exact) mass is 211 g/mol. The molecule has 2 fully saturated rings. The maximum Gasteiger partial charge on any atom is 0.306 e. The first-order chi connectivity index (χ1) is 7.15. The molecule has 0 aromatic heterocycles. The number of nitrogens with one attached hydrogen (secondary N) is 1. The molecule has 2 aliphatic carbocycles. The molecule has 2 aliphatic rings. The summed E-state index contributed by atoms with van der Waals surface area (Å²) >= 11 is 0. The van der Waals surface area contributed by atoms with E-state index in [0.717, 1.165) is 31.6 Å². The van der Waals surface area contributed by atoms with E-state index < -0.39 is 5.97 Å². The fraction of sp³-hybridized carbons (Fsp3) is 0.917. The van der Waals surface area contributed by atoms with Gasteiger partial charge in [-0.1, -0.05) is 6.92 Å². The molecule has 0 aromatic rings. The van der Waals surface area contributed by atoms with Crippen LogP contribution in [-0.4, -0.2) is 23.2 Å². The second kappa shape index (κ2) is 4.52. The lowest BCUT2D eigenvalue weighted by Gasteiger charge is -2.38. The summed E-state index contributed by atoms with van der Waals surface area (Å²) < 4.78 is 0. The van der Waals surface area contributed by atoms with E-state index in [4.69, 9.17) is 5.11 Å². The van der Waals surface area contributed by atoms with Crippen LogP contribution in [0.1, 0.15) is 45.4 Å². The van der Waals surface area contributed by atoms with E-state index in [-0.39, 0.29) is 5.92 Å². The topological polar surface area (TPSA) is 49.3 Å². The first-order valence-electron chi connectivity index (χ1n) is 6.14. The summed E-state index contributed by atoms with van der Waals surface area (Å²) in [6.45, 7) is 2.29. The Morgan fingerprint density at radius 1 is 1.13 bits per heavy atom. The molecule has 0 unspecified atom stereocenters. The van der Waals surface area contributed by atoms with Gasteiger partial charge in [0.2, 0.25) is 0 Å². The van der Waals surface area contributed by atoms with Crippen molar-refractivity contribution in [2.75, 3.05) is 0 Å². The predicted molar refractivity (Wildman–Crippen MR) is 58.7 cm³/mol. The Hall–Kier alpha value is -0.570. The molecular weight excluding hydrogens is 190 g/mol. The van der Waals surface area contributed by atoms with Crippen LogP contribution in [0.3, 0.4) is 0 Å². The fourth-order valence-electron chi connectivity index (χ4n) is 2.88. The van der Waals surface area contributed by atoms with Crippen LogP contribution in [-0.2, 0) is 4.79 Å². The van der Waals surface area contributed by atoms with Crippen molar-refractivity contribution in [2.45, 2.75) is 57.5 Å². The summed E-state index contributed by atoms with van der Waals surface area (Å²) in [5.41, 5.74) is 0. The van der Waals surface area contributed by atoms with Crippen molar-refractivity contribution in [3.05, 3.63) is 0 Å². The molecule has 86 valence electrons. The van der Waals surface area contributed by atoms with Crippen LogP contribution < -0.4 is 5.32 Å². The minimum Gasteiger partial charge on any atom is -0.481 e. The van der Waals surface area contributed by atoms with Gasteiger partial charge in [0.15, 0.2) is 0 Å². The zero-order valence-electron chi connectivity index (χ0n) is 9.41. The smallest absolute Gasteiger partial charge is 0.306 e. The van der Waals surface area contributed by atoms with Crippen molar-refractivity contribution in [2.24, 2.45) is 11.8 Å². The summed E-state index contributed by atoms with van der Waals surface area (Å²) in [6.07, 6.45) is 6.41. The van der Waals surface area contributed by atoms with Crippen LogP contribution >= 0.6 is 0 Å². The molecule has 0 atom stereocenters. The van der Waals surface area contributed by atoms with Crippen molar-refractivity contribution >= 4 is 5.97 Å². The zero-order valence-corrected chi connectivity index (χ0v) is 9.41. The largest absolute Gasteiger partial charge is 0.481 e. The van der Waals surface area contributed by atoms with E-state index in [1.165, 1.54) is 12.8 Å². The van der Waals surface area contributed by atoms with Crippen LogP contribution in [0, 0.1) is 11.8 Å². The summed E-state index contributed by atoms with van der Waals surface area (Å²) in [5.74, 6) is 0.201. The van der Waals surface area contributed by atoms with E-state index in [2.05, 4.69) is 12.2 Å². The third-order valence-electron chi connectivity index (χ3n) is 3.92. The third-order valence-corrected chi connectivity index (χ3v) is 3.92. The van der Waals surface area contributed by atoms with Gasteiger partial charge in [-0.15, -0.1) is 0 Å². The average molecular weight is 211 g/mol. The SMILES string of the molecule is CC1CC(NC2CCC(C(=O)O)CC2)C1. The van der Waals surface area contributed by atoms with Crippen LogP contribution in [0.25, 0.3) is 0 Å². The highest BCUT2D eigenvalue weighted by Gasteiger charge is 2.30. The van der Waals surface area contributed by atoms with Crippen molar-refractivity contribution in [1.82, 2.24) is 5.32 Å². The van der Waals surface area contributed by atoms with Crippen molar-refractivity contribution in [3.8, 4) is 0 Å². The van der Waals surface area contributed by atoms with E-state index in [0.29, 0.717) is 12.1 Å². The number of carbonyl (C=O) groups is 1. The molecule has 0 spiro atoms. The van der Waals surface area contributed by atoms with E-state index in [9.17, 15) is 4.79 Å². The van der Waals surface area contributed by atoms with Crippen LogP contribution in [0.5, 0.6) is 0 Å². The Labute approximate surface area is 91.2 Å². The summed E-state index contributed by atoms with van der Waals surface area (Å²) in [4.78, 5) is 10.8. The molecule has 0 saturated heterocycles. The van der Waals surface area contributed by atoms with Gasteiger partial charge in [0.05, 0.1) is 5.92 Å². The molecule has 0 aliphatic heterocycles. The van der Waals surface area contributed by atoms with Crippen molar-refractivity contribution in [3.63, 3.8) is 0 Å². The normalized spacial score (nSPS) is 40.9.